The lowest BCUT2D eigenvalue weighted by atomic mass is 9.92. The molecule has 3 rings (SSSR count). The van der Waals surface area contributed by atoms with Gasteiger partial charge in [0, 0.05) is 33.3 Å². The molecule has 9 heteroatoms. The molecule has 1 heterocycles. The van der Waals surface area contributed by atoms with Gasteiger partial charge in [-0.3, -0.25) is 4.79 Å². The quantitative estimate of drug-likeness (QED) is 0.412. The van der Waals surface area contributed by atoms with E-state index < -0.39 is 6.03 Å². The van der Waals surface area contributed by atoms with Crippen molar-refractivity contribution >= 4 is 46.6 Å². The molecule has 0 aliphatic heterocycles. The Morgan fingerprint density at radius 2 is 1.68 bits per heavy atom. The second-order valence-electron chi connectivity index (χ2n) is 9.26. The molecule has 0 aliphatic rings. The van der Waals surface area contributed by atoms with Crippen LogP contribution in [0.25, 0.3) is 5.69 Å². The van der Waals surface area contributed by atoms with Crippen molar-refractivity contribution in [3.05, 3.63) is 70.3 Å². The van der Waals surface area contributed by atoms with Gasteiger partial charge in [0.1, 0.15) is 12.4 Å². The summed E-state index contributed by atoms with van der Waals surface area (Å²) in [5.41, 5.74) is 1.91. The first kappa shape index (κ1) is 25.6. The maximum absolute atomic E-state index is 13.0. The Labute approximate surface area is 210 Å². The van der Waals surface area contributed by atoms with Crippen LogP contribution in [-0.2, 0) is 10.2 Å². The van der Waals surface area contributed by atoms with E-state index in [4.69, 9.17) is 28.3 Å². The summed E-state index contributed by atoms with van der Waals surface area (Å²) in [7, 11) is 0. The van der Waals surface area contributed by atoms with Crippen molar-refractivity contribution in [2.45, 2.75) is 46.1 Å². The SMILES string of the molecule is CC(C)N(CC(=O)Nc1cc(C(C)(C)C)nn1-c1ccc(Cl)cc1)C(=O)Nc1cccc(Cl)c1. The van der Waals surface area contributed by atoms with Gasteiger partial charge in [0.15, 0.2) is 0 Å². The number of urea groups is 1. The Morgan fingerprint density at radius 1 is 1.00 bits per heavy atom. The fraction of sp³-hybridized carbons (Fsp3) is 0.320. The second kappa shape index (κ2) is 10.5. The predicted molar refractivity (Wildman–Crippen MR) is 138 cm³/mol. The zero-order chi connectivity index (χ0) is 25.0. The van der Waals surface area contributed by atoms with Crippen molar-refractivity contribution in [1.82, 2.24) is 14.7 Å². The lowest BCUT2D eigenvalue weighted by Gasteiger charge is -2.26. The number of rotatable bonds is 6. The molecule has 0 aliphatic carbocycles. The molecule has 1 aromatic heterocycles. The van der Waals surface area contributed by atoms with Gasteiger partial charge in [0.2, 0.25) is 5.91 Å². The summed E-state index contributed by atoms with van der Waals surface area (Å²) >= 11 is 12.0. The molecule has 7 nitrogen and oxygen atoms in total. The van der Waals surface area contributed by atoms with Crippen molar-refractivity contribution in [3.8, 4) is 5.69 Å². The van der Waals surface area contributed by atoms with Crippen molar-refractivity contribution in [3.63, 3.8) is 0 Å². The molecule has 34 heavy (non-hydrogen) atoms. The molecular weight excluding hydrogens is 473 g/mol. The largest absolute Gasteiger partial charge is 0.322 e. The number of hydrogen-bond acceptors (Lipinski definition) is 3. The normalized spacial score (nSPS) is 11.4. The Balaban J connectivity index is 1.81. The molecule has 3 aromatic rings. The topological polar surface area (TPSA) is 79.3 Å². The zero-order valence-electron chi connectivity index (χ0n) is 19.9. The summed E-state index contributed by atoms with van der Waals surface area (Å²) in [6.45, 7) is 9.71. The molecular formula is C25H29Cl2N5O2. The number of nitrogens with one attached hydrogen (secondary N) is 2. The molecule has 0 fully saturated rings. The third kappa shape index (κ3) is 6.52. The van der Waals surface area contributed by atoms with Gasteiger partial charge in [-0.05, 0) is 56.3 Å². The molecule has 3 amide bonds. The van der Waals surface area contributed by atoms with Crippen molar-refractivity contribution in [1.29, 1.82) is 0 Å². The minimum absolute atomic E-state index is 0.138. The average molecular weight is 502 g/mol. The Kier molecular flexibility index (Phi) is 7.89. The molecule has 180 valence electrons. The molecule has 0 saturated carbocycles. The third-order valence-electron chi connectivity index (χ3n) is 5.09. The maximum atomic E-state index is 13.0. The average Bonchev–Trinajstić information content (AvgIpc) is 3.16. The van der Waals surface area contributed by atoms with Gasteiger partial charge in [-0.25, -0.2) is 9.48 Å². The summed E-state index contributed by atoms with van der Waals surface area (Å²) in [4.78, 5) is 27.3. The van der Waals surface area contributed by atoms with E-state index >= 15 is 0 Å². The first-order valence-electron chi connectivity index (χ1n) is 10.9. The summed E-state index contributed by atoms with van der Waals surface area (Å²) < 4.78 is 1.67. The smallest absolute Gasteiger partial charge is 0.313 e. The summed E-state index contributed by atoms with van der Waals surface area (Å²) in [5, 5.41) is 11.5. The minimum atomic E-state index is -0.394. The molecule has 0 bridgehead atoms. The van der Waals surface area contributed by atoms with Crippen LogP contribution in [0.15, 0.2) is 54.6 Å². The molecule has 0 unspecified atom stereocenters. The molecule has 2 aromatic carbocycles. The van der Waals surface area contributed by atoms with E-state index in [0.717, 1.165) is 11.4 Å². The van der Waals surface area contributed by atoms with Crippen LogP contribution in [-0.4, -0.2) is 39.2 Å². The van der Waals surface area contributed by atoms with E-state index in [1.54, 1.807) is 41.1 Å². The highest BCUT2D eigenvalue weighted by Gasteiger charge is 2.24. The van der Waals surface area contributed by atoms with Crippen LogP contribution in [0.1, 0.15) is 40.3 Å². The number of amides is 3. The lowest BCUT2D eigenvalue weighted by molar-refractivity contribution is -0.117. The summed E-state index contributed by atoms with van der Waals surface area (Å²) in [6, 6.07) is 15.3. The van der Waals surface area contributed by atoms with E-state index in [1.807, 2.05) is 52.8 Å². The highest BCUT2D eigenvalue weighted by Crippen LogP contribution is 2.27. The van der Waals surface area contributed by atoms with Crippen LogP contribution in [0.2, 0.25) is 10.0 Å². The predicted octanol–water partition coefficient (Wildman–Crippen LogP) is 6.36. The van der Waals surface area contributed by atoms with Gasteiger partial charge in [-0.1, -0.05) is 50.0 Å². The number of aromatic nitrogens is 2. The minimum Gasteiger partial charge on any atom is -0.313 e. The number of anilines is 2. The number of benzene rings is 2. The first-order chi connectivity index (χ1) is 15.9. The molecule has 0 saturated heterocycles. The van der Waals surface area contributed by atoms with Gasteiger partial charge in [-0.15, -0.1) is 0 Å². The van der Waals surface area contributed by atoms with E-state index in [9.17, 15) is 9.59 Å². The van der Waals surface area contributed by atoms with Gasteiger partial charge in [0.25, 0.3) is 0 Å². The van der Waals surface area contributed by atoms with Gasteiger partial charge in [-0.2, -0.15) is 5.10 Å². The van der Waals surface area contributed by atoms with E-state index in [2.05, 4.69) is 10.6 Å². The van der Waals surface area contributed by atoms with Crippen LogP contribution in [0, 0.1) is 0 Å². The van der Waals surface area contributed by atoms with Gasteiger partial charge < -0.3 is 15.5 Å². The third-order valence-corrected chi connectivity index (χ3v) is 5.58. The monoisotopic (exact) mass is 501 g/mol. The number of halogens is 2. The summed E-state index contributed by atoms with van der Waals surface area (Å²) in [6.07, 6.45) is 0. The fourth-order valence-electron chi connectivity index (χ4n) is 3.20. The molecule has 2 N–H and O–H groups in total. The highest BCUT2D eigenvalue weighted by molar-refractivity contribution is 6.31. The maximum Gasteiger partial charge on any atom is 0.322 e. The fourth-order valence-corrected chi connectivity index (χ4v) is 3.52. The Hall–Kier alpha value is -3.03. The number of hydrogen-bond donors (Lipinski definition) is 2. The van der Waals surface area contributed by atoms with Crippen LogP contribution in [0.5, 0.6) is 0 Å². The van der Waals surface area contributed by atoms with Gasteiger partial charge >= 0.3 is 6.03 Å². The zero-order valence-corrected chi connectivity index (χ0v) is 21.4. The van der Waals surface area contributed by atoms with Crippen molar-refractivity contribution in [2.24, 2.45) is 0 Å². The van der Waals surface area contributed by atoms with Crippen LogP contribution in [0.4, 0.5) is 16.3 Å². The highest BCUT2D eigenvalue weighted by atomic mass is 35.5. The van der Waals surface area contributed by atoms with Crippen LogP contribution in [0.3, 0.4) is 0 Å². The molecule has 0 spiro atoms. The lowest BCUT2D eigenvalue weighted by Crippen LogP contribution is -2.44. The standard InChI is InChI=1S/C25H29Cl2N5O2/c1-16(2)31(24(34)28-19-8-6-7-18(27)13-19)15-23(33)29-22-14-21(25(3,4)5)30-32(22)20-11-9-17(26)10-12-20/h6-14,16H,15H2,1-5H3,(H,28,34)(H,29,33). The molecule has 0 atom stereocenters. The first-order valence-corrected chi connectivity index (χ1v) is 11.7. The van der Waals surface area contributed by atoms with E-state index in [1.165, 1.54) is 4.90 Å². The number of nitrogens with zero attached hydrogens (tertiary/aromatic N) is 3. The Bertz CT molecular complexity index is 1170. The Morgan fingerprint density at radius 3 is 2.26 bits per heavy atom. The van der Waals surface area contributed by atoms with Crippen LogP contribution >= 0.6 is 23.2 Å². The number of carbonyl (C=O) groups is 2. The van der Waals surface area contributed by atoms with Crippen molar-refractivity contribution in [2.75, 3.05) is 17.2 Å². The second-order valence-corrected chi connectivity index (χ2v) is 10.1. The summed E-state index contributed by atoms with van der Waals surface area (Å²) in [5.74, 6) is 0.168. The van der Waals surface area contributed by atoms with E-state index in [-0.39, 0.29) is 23.9 Å². The van der Waals surface area contributed by atoms with Gasteiger partial charge in [0.05, 0.1) is 11.4 Å². The van der Waals surface area contributed by atoms with Crippen molar-refractivity contribution < 1.29 is 9.59 Å². The van der Waals surface area contributed by atoms with Crippen LogP contribution < -0.4 is 10.6 Å². The molecule has 0 radical (unpaired) electrons. The number of carbonyl (C=O) groups excluding carboxylic acids is 2. The van der Waals surface area contributed by atoms with E-state index in [0.29, 0.717) is 21.6 Å².